The Morgan fingerprint density at radius 3 is 2.24 bits per heavy atom. The highest BCUT2D eigenvalue weighted by atomic mass is 32.2. The minimum Gasteiger partial charge on any atom is -0.481 e. The van der Waals surface area contributed by atoms with Crippen LogP contribution < -0.4 is 10.9 Å². The third-order valence-corrected chi connectivity index (χ3v) is 3.12. The molecule has 0 heterocycles. The van der Waals surface area contributed by atoms with Gasteiger partial charge in [-0.05, 0) is 24.1 Å². The Morgan fingerprint density at radius 1 is 1.29 bits per heavy atom. The number of primary sulfonamides is 1. The molecule has 94 valence electrons. The molecule has 5 N–H and O–H groups in total. The Kier molecular flexibility index (Phi) is 4.22. The SMILES string of the molecule is N[C@@H](CC(=O)O)Cc1ccc(S(N)(=O)=O)cc1. The van der Waals surface area contributed by atoms with Crippen LogP contribution in [0.3, 0.4) is 0 Å². The van der Waals surface area contributed by atoms with E-state index in [4.69, 9.17) is 16.0 Å². The summed E-state index contributed by atoms with van der Waals surface area (Å²) >= 11 is 0. The second-order valence-corrected chi connectivity index (χ2v) is 5.31. The third kappa shape index (κ3) is 4.51. The lowest BCUT2D eigenvalue weighted by Crippen LogP contribution is -2.26. The number of benzene rings is 1. The molecule has 0 unspecified atom stereocenters. The molecule has 17 heavy (non-hydrogen) atoms. The first kappa shape index (κ1) is 13.6. The van der Waals surface area contributed by atoms with Gasteiger partial charge in [-0.3, -0.25) is 4.79 Å². The number of carbonyl (C=O) groups is 1. The number of hydrogen-bond donors (Lipinski definition) is 3. The molecule has 1 aromatic carbocycles. The van der Waals surface area contributed by atoms with Gasteiger partial charge >= 0.3 is 5.97 Å². The van der Waals surface area contributed by atoms with Gasteiger partial charge in [-0.1, -0.05) is 12.1 Å². The zero-order chi connectivity index (χ0) is 13.1. The summed E-state index contributed by atoms with van der Waals surface area (Å²) in [6.07, 6.45) is 0.244. The van der Waals surface area contributed by atoms with Gasteiger partial charge in [0.05, 0.1) is 11.3 Å². The molecular formula is C10H14N2O4S. The number of sulfonamides is 1. The average Bonchev–Trinajstić information content (AvgIpc) is 2.15. The summed E-state index contributed by atoms with van der Waals surface area (Å²) < 4.78 is 22.0. The molecule has 0 radical (unpaired) electrons. The van der Waals surface area contributed by atoms with Gasteiger partial charge in [0, 0.05) is 6.04 Å². The molecule has 7 heteroatoms. The summed E-state index contributed by atoms with van der Waals surface area (Å²) in [4.78, 5) is 10.4. The molecule has 0 saturated heterocycles. The predicted octanol–water partition coefficient (Wildman–Crippen LogP) is -0.321. The van der Waals surface area contributed by atoms with E-state index in [1.165, 1.54) is 12.1 Å². The van der Waals surface area contributed by atoms with Crippen molar-refractivity contribution in [3.05, 3.63) is 29.8 Å². The summed E-state index contributed by atoms with van der Waals surface area (Å²) in [5, 5.41) is 13.5. The van der Waals surface area contributed by atoms with E-state index in [0.29, 0.717) is 6.42 Å². The Labute approximate surface area is 99.3 Å². The monoisotopic (exact) mass is 258 g/mol. The summed E-state index contributed by atoms with van der Waals surface area (Å²) in [5.74, 6) is -0.960. The Hall–Kier alpha value is -1.44. The number of nitrogens with two attached hydrogens (primary N) is 2. The van der Waals surface area contributed by atoms with Crippen LogP contribution in [0.4, 0.5) is 0 Å². The molecule has 0 amide bonds. The summed E-state index contributed by atoms with van der Waals surface area (Å²) in [6.45, 7) is 0. The highest BCUT2D eigenvalue weighted by Gasteiger charge is 2.10. The molecule has 0 aliphatic rings. The number of rotatable bonds is 5. The highest BCUT2D eigenvalue weighted by Crippen LogP contribution is 2.10. The lowest BCUT2D eigenvalue weighted by Gasteiger charge is -2.09. The van der Waals surface area contributed by atoms with E-state index < -0.39 is 22.0 Å². The number of aliphatic carboxylic acids is 1. The van der Waals surface area contributed by atoms with E-state index >= 15 is 0 Å². The molecule has 6 nitrogen and oxygen atoms in total. The molecule has 0 aromatic heterocycles. The van der Waals surface area contributed by atoms with Crippen LogP contribution in [-0.2, 0) is 21.2 Å². The van der Waals surface area contributed by atoms with Crippen LogP contribution in [0, 0.1) is 0 Å². The molecule has 0 spiro atoms. The topological polar surface area (TPSA) is 123 Å². The molecule has 0 fully saturated rings. The van der Waals surface area contributed by atoms with Crippen molar-refractivity contribution in [1.29, 1.82) is 0 Å². The number of carboxylic acids is 1. The Bertz CT molecular complexity index is 496. The molecule has 0 saturated carbocycles. The molecule has 0 aliphatic carbocycles. The van der Waals surface area contributed by atoms with Crippen molar-refractivity contribution in [1.82, 2.24) is 0 Å². The summed E-state index contributed by atoms with van der Waals surface area (Å²) in [6, 6.07) is 5.40. The normalized spacial score (nSPS) is 13.3. The van der Waals surface area contributed by atoms with Crippen molar-refractivity contribution in [2.45, 2.75) is 23.8 Å². The predicted molar refractivity (Wildman–Crippen MR) is 61.7 cm³/mol. The number of hydrogen-bond acceptors (Lipinski definition) is 4. The maximum Gasteiger partial charge on any atom is 0.304 e. The van der Waals surface area contributed by atoms with Crippen LogP contribution in [0.2, 0.25) is 0 Å². The van der Waals surface area contributed by atoms with E-state index in [1.807, 2.05) is 0 Å². The van der Waals surface area contributed by atoms with Gasteiger partial charge in [0.1, 0.15) is 0 Å². The third-order valence-electron chi connectivity index (χ3n) is 2.19. The molecule has 1 aromatic rings. The fourth-order valence-corrected chi connectivity index (χ4v) is 1.93. The fraction of sp³-hybridized carbons (Fsp3) is 0.300. The average molecular weight is 258 g/mol. The van der Waals surface area contributed by atoms with E-state index in [1.54, 1.807) is 12.1 Å². The van der Waals surface area contributed by atoms with Crippen molar-refractivity contribution >= 4 is 16.0 Å². The van der Waals surface area contributed by atoms with Gasteiger partial charge in [0.2, 0.25) is 10.0 Å². The lowest BCUT2D eigenvalue weighted by atomic mass is 10.0. The maximum absolute atomic E-state index is 11.0. The van der Waals surface area contributed by atoms with Crippen molar-refractivity contribution in [3.8, 4) is 0 Å². The quantitative estimate of drug-likeness (QED) is 0.667. The standard InChI is InChI=1S/C10H14N2O4S/c11-8(6-10(13)14)5-7-1-3-9(4-2-7)17(12,15)16/h1-4,8H,5-6,11H2,(H,13,14)(H2,12,15,16)/t8-/m1/s1. The largest absolute Gasteiger partial charge is 0.481 e. The fourth-order valence-electron chi connectivity index (χ4n) is 1.41. The molecule has 1 atom stereocenters. The first-order valence-electron chi connectivity index (χ1n) is 4.88. The molecule has 0 bridgehead atoms. The molecule has 0 aliphatic heterocycles. The molecular weight excluding hydrogens is 244 g/mol. The second kappa shape index (κ2) is 5.26. The molecule has 1 rings (SSSR count). The van der Waals surface area contributed by atoms with Crippen LogP contribution in [0.25, 0.3) is 0 Å². The van der Waals surface area contributed by atoms with Crippen LogP contribution in [0.15, 0.2) is 29.2 Å². The van der Waals surface area contributed by atoms with E-state index in [2.05, 4.69) is 0 Å². The maximum atomic E-state index is 11.0. The van der Waals surface area contributed by atoms with Gasteiger partial charge in [0.25, 0.3) is 0 Å². The van der Waals surface area contributed by atoms with Crippen LogP contribution in [-0.4, -0.2) is 25.5 Å². The van der Waals surface area contributed by atoms with Gasteiger partial charge in [0.15, 0.2) is 0 Å². The van der Waals surface area contributed by atoms with E-state index in [0.717, 1.165) is 5.56 Å². The van der Waals surface area contributed by atoms with Crippen molar-refractivity contribution in [2.75, 3.05) is 0 Å². The first-order valence-corrected chi connectivity index (χ1v) is 6.43. The van der Waals surface area contributed by atoms with Crippen LogP contribution in [0.5, 0.6) is 0 Å². The van der Waals surface area contributed by atoms with E-state index in [9.17, 15) is 13.2 Å². The highest BCUT2D eigenvalue weighted by molar-refractivity contribution is 7.89. The second-order valence-electron chi connectivity index (χ2n) is 3.75. The number of carboxylic acid groups (broad SMARTS) is 1. The minimum atomic E-state index is -3.69. The lowest BCUT2D eigenvalue weighted by molar-refractivity contribution is -0.137. The van der Waals surface area contributed by atoms with Gasteiger partial charge in [-0.2, -0.15) is 0 Å². The Balaban J connectivity index is 2.72. The van der Waals surface area contributed by atoms with Crippen LogP contribution >= 0.6 is 0 Å². The van der Waals surface area contributed by atoms with Gasteiger partial charge < -0.3 is 10.8 Å². The van der Waals surface area contributed by atoms with Crippen molar-refractivity contribution < 1.29 is 18.3 Å². The smallest absolute Gasteiger partial charge is 0.304 e. The van der Waals surface area contributed by atoms with Crippen molar-refractivity contribution in [2.24, 2.45) is 10.9 Å². The van der Waals surface area contributed by atoms with E-state index in [-0.39, 0.29) is 11.3 Å². The first-order chi connectivity index (χ1) is 7.79. The van der Waals surface area contributed by atoms with Gasteiger partial charge in [-0.15, -0.1) is 0 Å². The summed E-state index contributed by atoms with van der Waals surface area (Å²) in [7, 11) is -3.69. The Morgan fingerprint density at radius 2 is 1.82 bits per heavy atom. The zero-order valence-electron chi connectivity index (χ0n) is 9.04. The van der Waals surface area contributed by atoms with Gasteiger partial charge in [-0.25, -0.2) is 13.6 Å². The van der Waals surface area contributed by atoms with Crippen LogP contribution in [0.1, 0.15) is 12.0 Å². The van der Waals surface area contributed by atoms with Crippen molar-refractivity contribution in [3.63, 3.8) is 0 Å². The summed E-state index contributed by atoms with van der Waals surface area (Å²) in [5.41, 5.74) is 6.38. The zero-order valence-corrected chi connectivity index (χ0v) is 9.85. The minimum absolute atomic E-state index is 0.0213.